The van der Waals surface area contributed by atoms with Gasteiger partial charge in [0.1, 0.15) is 0 Å². The number of nitrogens with two attached hydrogens (primary N) is 1. The van der Waals surface area contributed by atoms with Gasteiger partial charge in [0.2, 0.25) is 5.75 Å². The fourth-order valence-corrected chi connectivity index (χ4v) is 1.31. The third-order valence-electron chi connectivity index (χ3n) is 2.08. The van der Waals surface area contributed by atoms with E-state index in [-0.39, 0.29) is 23.3 Å². The molecule has 0 atom stereocenters. The van der Waals surface area contributed by atoms with E-state index in [0.29, 0.717) is 11.3 Å². The molecule has 84 valence electrons. The van der Waals surface area contributed by atoms with E-state index in [1.54, 1.807) is 0 Å². The molecule has 0 bridgehead atoms. The van der Waals surface area contributed by atoms with Crippen molar-refractivity contribution in [2.45, 2.75) is 0 Å². The van der Waals surface area contributed by atoms with Gasteiger partial charge in [-0.1, -0.05) is 0 Å². The van der Waals surface area contributed by atoms with E-state index in [9.17, 15) is 10.2 Å². The van der Waals surface area contributed by atoms with Gasteiger partial charge in [-0.3, -0.25) is 0 Å². The monoisotopic (exact) mass is 222 g/mol. The largest absolute Gasteiger partial charge is 0.504 e. The number of aromatic hydroxyl groups is 2. The van der Waals surface area contributed by atoms with Crippen molar-refractivity contribution < 1.29 is 19.4 Å². The molecule has 6 nitrogen and oxygen atoms in total. The van der Waals surface area contributed by atoms with Gasteiger partial charge in [-0.25, -0.2) is 4.98 Å². The Labute approximate surface area is 90.9 Å². The van der Waals surface area contributed by atoms with Gasteiger partial charge in [0.15, 0.2) is 17.3 Å². The quantitative estimate of drug-likeness (QED) is 0.663. The van der Waals surface area contributed by atoms with Gasteiger partial charge in [0, 0.05) is 5.56 Å². The number of oxazole rings is 1. The van der Waals surface area contributed by atoms with Gasteiger partial charge in [-0.2, -0.15) is 0 Å². The van der Waals surface area contributed by atoms with Crippen LogP contribution in [0.3, 0.4) is 0 Å². The van der Waals surface area contributed by atoms with Crippen LogP contribution in [0.5, 0.6) is 17.2 Å². The summed E-state index contributed by atoms with van der Waals surface area (Å²) in [5.74, 6) is -0.0980. The minimum absolute atomic E-state index is 0.0292. The average molecular weight is 222 g/mol. The Hall–Kier alpha value is -2.37. The number of methoxy groups -OCH3 is 1. The van der Waals surface area contributed by atoms with E-state index in [1.165, 1.54) is 25.4 Å². The number of aromatic nitrogens is 1. The summed E-state index contributed by atoms with van der Waals surface area (Å²) in [5, 5.41) is 18.9. The van der Waals surface area contributed by atoms with Crippen LogP contribution in [-0.4, -0.2) is 22.3 Å². The predicted molar refractivity (Wildman–Crippen MR) is 56.2 cm³/mol. The highest BCUT2D eigenvalue weighted by Crippen LogP contribution is 2.39. The molecular weight excluding hydrogens is 212 g/mol. The molecule has 0 unspecified atom stereocenters. The van der Waals surface area contributed by atoms with Crippen molar-refractivity contribution in [3.05, 3.63) is 18.3 Å². The van der Waals surface area contributed by atoms with Gasteiger partial charge in [0.25, 0.3) is 6.01 Å². The number of hydrogen-bond acceptors (Lipinski definition) is 6. The fraction of sp³-hybridized carbons (Fsp3) is 0.100. The van der Waals surface area contributed by atoms with Crippen molar-refractivity contribution in [2.75, 3.05) is 12.8 Å². The summed E-state index contributed by atoms with van der Waals surface area (Å²) in [6.07, 6.45) is 1.42. The van der Waals surface area contributed by atoms with E-state index in [2.05, 4.69) is 4.98 Å². The molecule has 1 heterocycles. The molecule has 0 saturated heterocycles. The summed E-state index contributed by atoms with van der Waals surface area (Å²) in [6, 6.07) is 2.87. The highest BCUT2D eigenvalue weighted by atomic mass is 16.5. The molecule has 1 aromatic carbocycles. The molecule has 16 heavy (non-hydrogen) atoms. The summed E-state index contributed by atoms with van der Waals surface area (Å²) in [4.78, 5) is 3.73. The summed E-state index contributed by atoms with van der Waals surface area (Å²) < 4.78 is 9.97. The zero-order valence-corrected chi connectivity index (χ0v) is 8.47. The first kappa shape index (κ1) is 10.2. The van der Waals surface area contributed by atoms with Crippen molar-refractivity contribution in [3.8, 4) is 28.6 Å². The lowest BCUT2D eigenvalue weighted by Gasteiger charge is -2.06. The maximum Gasteiger partial charge on any atom is 0.292 e. The van der Waals surface area contributed by atoms with Gasteiger partial charge in [-0.05, 0) is 12.1 Å². The highest BCUT2D eigenvalue weighted by Gasteiger charge is 2.13. The van der Waals surface area contributed by atoms with E-state index in [1.807, 2.05) is 0 Å². The van der Waals surface area contributed by atoms with Gasteiger partial charge in [-0.15, -0.1) is 0 Å². The molecule has 0 saturated carbocycles. The summed E-state index contributed by atoms with van der Waals surface area (Å²) in [5.41, 5.74) is 5.84. The number of benzene rings is 1. The van der Waals surface area contributed by atoms with Gasteiger partial charge >= 0.3 is 0 Å². The molecule has 6 heteroatoms. The van der Waals surface area contributed by atoms with E-state index in [0.717, 1.165) is 0 Å². The molecule has 0 radical (unpaired) electrons. The van der Waals surface area contributed by atoms with E-state index < -0.39 is 0 Å². The second kappa shape index (κ2) is 3.65. The number of nitrogens with zero attached hydrogens (tertiary/aromatic N) is 1. The normalized spacial score (nSPS) is 10.3. The van der Waals surface area contributed by atoms with Crippen LogP contribution in [0.4, 0.5) is 6.01 Å². The number of phenolic OH excluding ortho intramolecular Hbond substituents is 2. The molecule has 0 fully saturated rings. The Morgan fingerprint density at radius 3 is 2.69 bits per heavy atom. The average Bonchev–Trinajstić information content (AvgIpc) is 2.69. The van der Waals surface area contributed by atoms with Gasteiger partial charge < -0.3 is 25.1 Å². The topological polar surface area (TPSA) is 102 Å². The van der Waals surface area contributed by atoms with Crippen molar-refractivity contribution >= 4 is 6.01 Å². The minimum atomic E-state index is -0.321. The number of hydrogen-bond donors (Lipinski definition) is 3. The minimum Gasteiger partial charge on any atom is -0.504 e. The van der Waals surface area contributed by atoms with Crippen LogP contribution in [0.25, 0.3) is 11.3 Å². The van der Waals surface area contributed by atoms with Crippen LogP contribution >= 0.6 is 0 Å². The molecule has 0 amide bonds. The number of ether oxygens (including phenoxy) is 1. The Morgan fingerprint density at radius 2 is 2.12 bits per heavy atom. The first-order chi connectivity index (χ1) is 7.61. The number of rotatable bonds is 2. The Kier molecular flexibility index (Phi) is 2.32. The van der Waals surface area contributed by atoms with Gasteiger partial charge in [0.05, 0.1) is 13.3 Å². The molecule has 0 aliphatic rings. The number of anilines is 1. The molecule has 1 aromatic heterocycles. The lowest BCUT2D eigenvalue weighted by Crippen LogP contribution is -1.85. The molecule has 4 N–H and O–H groups in total. The first-order valence-electron chi connectivity index (χ1n) is 4.43. The smallest absolute Gasteiger partial charge is 0.292 e. The van der Waals surface area contributed by atoms with Crippen molar-refractivity contribution in [1.29, 1.82) is 0 Å². The van der Waals surface area contributed by atoms with Crippen LogP contribution < -0.4 is 10.5 Å². The Bertz CT molecular complexity index is 522. The molecule has 2 aromatic rings. The van der Waals surface area contributed by atoms with Crippen molar-refractivity contribution in [1.82, 2.24) is 4.98 Å². The zero-order valence-electron chi connectivity index (χ0n) is 8.47. The van der Waals surface area contributed by atoms with Crippen molar-refractivity contribution in [2.24, 2.45) is 0 Å². The van der Waals surface area contributed by atoms with Crippen molar-refractivity contribution in [3.63, 3.8) is 0 Å². The van der Waals surface area contributed by atoms with E-state index >= 15 is 0 Å². The third kappa shape index (κ3) is 1.60. The predicted octanol–water partition coefficient (Wildman–Crippen LogP) is 1.34. The Balaban J connectivity index is 2.54. The molecule has 0 aliphatic heterocycles. The molecule has 2 rings (SSSR count). The molecule has 0 aliphatic carbocycles. The van der Waals surface area contributed by atoms with Crippen LogP contribution in [0, 0.1) is 0 Å². The van der Waals surface area contributed by atoms with E-state index in [4.69, 9.17) is 14.9 Å². The van der Waals surface area contributed by atoms with Crippen LogP contribution in [0.1, 0.15) is 0 Å². The number of nitrogen functional groups attached to an aromatic ring is 1. The fourth-order valence-electron chi connectivity index (χ4n) is 1.31. The lowest BCUT2D eigenvalue weighted by atomic mass is 10.1. The third-order valence-corrected chi connectivity index (χ3v) is 2.08. The second-order valence-electron chi connectivity index (χ2n) is 3.11. The summed E-state index contributed by atoms with van der Waals surface area (Å²) >= 11 is 0. The molecular formula is C10H10N2O4. The zero-order chi connectivity index (χ0) is 11.7. The first-order valence-corrected chi connectivity index (χ1v) is 4.43. The number of phenols is 2. The van der Waals surface area contributed by atoms with Crippen LogP contribution in [0.2, 0.25) is 0 Å². The molecule has 0 spiro atoms. The highest BCUT2D eigenvalue weighted by molar-refractivity contribution is 5.66. The SMILES string of the molecule is COc1cc(-c2cnc(N)o2)cc(O)c1O. The lowest BCUT2D eigenvalue weighted by molar-refractivity contribution is 0.351. The standard InChI is InChI=1S/C10H10N2O4/c1-15-7-3-5(2-6(13)9(7)14)8-4-12-10(11)16-8/h2-4,13-14H,1H3,(H2,11,12). The maximum absolute atomic E-state index is 9.46. The maximum atomic E-state index is 9.46. The van der Waals surface area contributed by atoms with Crippen LogP contribution in [-0.2, 0) is 0 Å². The Morgan fingerprint density at radius 1 is 1.38 bits per heavy atom. The second-order valence-corrected chi connectivity index (χ2v) is 3.11. The summed E-state index contributed by atoms with van der Waals surface area (Å²) in [7, 11) is 1.38. The van der Waals surface area contributed by atoms with Crippen LogP contribution in [0.15, 0.2) is 22.7 Å². The summed E-state index contributed by atoms with van der Waals surface area (Å²) in [6.45, 7) is 0.